The molecule has 0 unspecified atom stereocenters. The number of nitrogens with one attached hydrogen (secondary N) is 1. The quantitative estimate of drug-likeness (QED) is 0.0825. The maximum absolute atomic E-state index is 12.7. The summed E-state index contributed by atoms with van der Waals surface area (Å²) in [6.07, 6.45) is 1.97. The summed E-state index contributed by atoms with van der Waals surface area (Å²) in [4.78, 5) is 47.6. The maximum atomic E-state index is 12.7. The minimum Gasteiger partial charge on any atom is -0.466 e. The van der Waals surface area contributed by atoms with Gasteiger partial charge in [-0.1, -0.05) is 15.9 Å². The van der Waals surface area contributed by atoms with Crippen molar-refractivity contribution in [3.05, 3.63) is 0 Å². The Balaban J connectivity index is 5.26. The number of alkyl halides is 1. The summed E-state index contributed by atoms with van der Waals surface area (Å²) in [5, 5.41) is 3.74. The molecule has 0 aliphatic carbocycles. The Morgan fingerprint density at radius 3 is 1.36 bits per heavy atom. The predicted octanol–water partition coefficient (Wildman–Crippen LogP) is 2.32. The van der Waals surface area contributed by atoms with Gasteiger partial charge in [-0.05, 0) is 33.6 Å². The summed E-state index contributed by atoms with van der Waals surface area (Å²) < 4.78 is 31.9. The number of halogens is 1. The third-order valence-electron chi connectivity index (χ3n) is 4.59. The molecular formula is C24H42BrNO10. The highest BCUT2D eigenvalue weighted by Gasteiger charge is 2.34. The van der Waals surface area contributed by atoms with Gasteiger partial charge in [-0.2, -0.15) is 0 Å². The van der Waals surface area contributed by atoms with Crippen LogP contribution in [0.15, 0.2) is 0 Å². The molecule has 11 nitrogen and oxygen atoms in total. The molecule has 1 N–H and O–H groups in total. The molecule has 0 heterocycles. The fraction of sp³-hybridized carbons (Fsp3) is 0.833. The fourth-order valence-electron chi connectivity index (χ4n) is 2.94. The first-order chi connectivity index (χ1) is 17.3. The van der Waals surface area contributed by atoms with Crippen LogP contribution in [0, 0.1) is 0 Å². The molecule has 0 aromatic rings. The number of hydrogen-bond donors (Lipinski definition) is 1. The molecule has 12 heteroatoms. The van der Waals surface area contributed by atoms with E-state index in [-0.39, 0.29) is 84.6 Å². The van der Waals surface area contributed by atoms with Gasteiger partial charge in [-0.15, -0.1) is 0 Å². The van der Waals surface area contributed by atoms with E-state index in [9.17, 15) is 19.2 Å². The van der Waals surface area contributed by atoms with Crippen LogP contribution >= 0.6 is 15.9 Å². The normalized spacial score (nSPS) is 11.1. The summed E-state index contributed by atoms with van der Waals surface area (Å²) in [6.45, 7) is 6.15. The lowest BCUT2D eigenvalue weighted by Gasteiger charge is -2.34. The number of unbranched alkanes of at least 4 members (excludes halogenated alkanes) is 1. The van der Waals surface area contributed by atoms with Gasteiger partial charge in [0, 0.05) is 11.8 Å². The van der Waals surface area contributed by atoms with Crippen LogP contribution in [0.3, 0.4) is 0 Å². The van der Waals surface area contributed by atoms with E-state index in [4.69, 9.17) is 28.4 Å². The first kappa shape index (κ1) is 34.2. The number of carbonyl (C=O) groups is 4. The van der Waals surface area contributed by atoms with Crippen LogP contribution in [-0.2, 0) is 47.6 Å². The first-order valence-corrected chi connectivity index (χ1v) is 13.5. The van der Waals surface area contributed by atoms with Gasteiger partial charge in [0.05, 0.1) is 78.7 Å². The molecule has 36 heavy (non-hydrogen) atoms. The molecule has 0 spiro atoms. The zero-order chi connectivity index (χ0) is 27.1. The molecule has 0 aromatic carbocycles. The van der Waals surface area contributed by atoms with Gasteiger partial charge >= 0.3 is 17.9 Å². The van der Waals surface area contributed by atoms with Crippen molar-refractivity contribution in [2.45, 2.75) is 64.8 Å². The van der Waals surface area contributed by atoms with E-state index >= 15 is 0 Å². The van der Waals surface area contributed by atoms with Gasteiger partial charge in [-0.25, -0.2) is 0 Å². The van der Waals surface area contributed by atoms with E-state index in [0.717, 1.165) is 11.8 Å². The predicted molar refractivity (Wildman–Crippen MR) is 135 cm³/mol. The molecule has 0 bridgehead atoms. The minimum atomic E-state index is -1.11. The van der Waals surface area contributed by atoms with Crippen LogP contribution in [0.1, 0.15) is 59.3 Å². The summed E-state index contributed by atoms with van der Waals surface area (Å²) >= 11 is 3.35. The van der Waals surface area contributed by atoms with Crippen LogP contribution < -0.4 is 5.32 Å². The van der Waals surface area contributed by atoms with Crippen LogP contribution in [0.4, 0.5) is 0 Å². The molecule has 210 valence electrons. The van der Waals surface area contributed by atoms with Crippen molar-refractivity contribution in [1.29, 1.82) is 0 Å². The number of hydrogen-bond acceptors (Lipinski definition) is 10. The van der Waals surface area contributed by atoms with Crippen molar-refractivity contribution < 1.29 is 47.6 Å². The molecule has 0 aliphatic rings. The third-order valence-corrected chi connectivity index (χ3v) is 5.16. The van der Waals surface area contributed by atoms with Crippen molar-refractivity contribution in [3.63, 3.8) is 0 Å². The molecule has 0 aromatic heterocycles. The topological polar surface area (TPSA) is 136 Å². The van der Waals surface area contributed by atoms with E-state index < -0.39 is 23.4 Å². The Morgan fingerprint density at radius 2 is 1.03 bits per heavy atom. The highest BCUT2D eigenvalue weighted by molar-refractivity contribution is 9.09. The van der Waals surface area contributed by atoms with Gasteiger partial charge in [-0.3, -0.25) is 19.2 Å². The number of amides is 1. The molecule has 0 atom stereocenters. The van der Waals surface area contributed by atoms with Crippen LogP contribution in [0.5, 0.6) is 0 Å². The lowest BCUT2D eigenvalue weighted by atomic mass is 10.0. The van der Waals surface area contributed by atoms with Gasteiger partial charge < -0.3 is 33.7 Å². The van der Waals surface area contributed by atoms with Crippen LogP contribution in [-0.4, -0.2) is 94.1 Å². The Bertz CT molecular complexity index is 567. The standard InChI is InChI=1S/C24H42BrNO10/c1-4-34-21(28)10-14-31-17-24(26-20(27)9-7-8-13-25,18-32-15-11-22(29)35-5-2)19-33-16-12-23(30)36-6-3/h4-19H2,1-3H3,(H,26,27). The molecule has 0 fully saturated rings. The largest absolute Gasteiger partial charge is 0.466 e. The van der Waals surface area contributed by atoms with E-state index in [1.54, 1.807) is 20.8 Å². The molecular weight excluding hydrogens is 542 g/mol. The molecule has 1 amide bonds. The Kier molecular flexibility index (Phi) is 21.3. The monoisotopic (exact) mass is 583 g/mol. The van der Waals surface area contributed by atoms with Gasteiger partial charge in [0.1, 0.15) is 5.54 Å². The van der Waals surface area contributed by atoms with Crippen LogP contribution in [0.25, 0.3) is 0 Å². The number of carbonyl (C=O) groups excluding carboxylic acids is 4. The van der Waals surface area contributed by atoms with E-state index in [2.05, 4.69) is 21.2 Å². The first-order valence-electron chi connectivity index (χ1n) is 12.4. The fourth-order valence-corrected chi connectivity index (χ4v) is 3.34. The summed E-state index contributed by atoms with van der Waals surface area (Å²) in [5.74, 6) is -1.39. The highest BCUT2D eigenvalue weighted by atomic mass is 79.9. The Hall–Kier alpha value is -1.76. The summed E-state index contributed by atoms with van der Waals surface area (Å²) in [5.41, 5.74) is -1.11. The smallest absolute Gasteiger partial charge is 0.308 e. The average Bonchev–Trinajstić information content (AvgIpc) is 2.83. The van der Waals surface area contributed by atoms with Crippen molar-refractivity contribution in [2.75, 3.05) is 64.8 Å². The second kappa shape index (κ2) is 22.4. The van der Waals surface area contributed by atoms with Gasteiger partial charge in [0.15, 0.2) is 0 Å². The number of esters is 3. The van der Waals surface area contributed by atoms with E-state index in [0.29, 0.717) is 12.8 Å². The lowest BCUT2D eigenvalue weighted by Crippen LogP contribution is -2.58. The summed E-state index contributed by atoms with van der Waals surface area (Å²) in [6, 6.07) is 0. The van der Waals surface area contributed by atoms with E-state index in [1.807, 2.05) is 0 Å². The minimum absolute atomic E-state index is 0.0185. The van der Waals surface area contributed by atoms with Crippen LogP contribution in [0.2, 0.25) is 0 Å². The second-order valence-corrected chi connectivity index (χ2v) is 8.59. The Labute approximate surface area is 222 Å². The zero-order valence-electron chi connectivity index (χ0n) is 21.8. The van der Waals surface area contributed by atoms with E-state index in [1.165, 1.54) is 0 Å². The average molecular weight is 585 g/mol. The second-order valence-electron chi connectivity index (χ2n) is 7.80. The van der Waals surface area contributed by atoms with Crippen molar-refractivity contribution >= 4 is 39.7 Å². The Morgan fingerprint density at radius 1 is 0.639 bits per heavy atom. The maximum Gasteiger partial charge on any atom is 0.308 e. The molecule has 0 saturated carbocycles. The van der Waals surface area contributed by atoms with Gasteiger partial charge in [0.25, 0.3) is 0 Å². The SMILES string of the molecule is CCOC(=O)CCOCC(COCCC(=O)OCC)(COCCC(=O)OCC)NC(=O)CCCCBr. The van der Waals surface area contributed by atoms with Crippen molar-refractivity contribution in [1.82, 2.24) is 5.32 Å². The van der Waals surface area contributed by atoms with Crippen molar-refractivity contribution in [2.24, 2.45) is 0 Å². The highest BCUT2D eigenvalue weighted by Crippen LogP contribution is 2.12. The number of rotatable bonds is 23. The molecule has 0 radical (unpaired) electrons. The number of ether oxygens (including phenoxy) is 6. The molecule has 0 aliphatic heterocycles. The third kappa shape index (κ3) is 18.5. The summed E-state index contributed by atoms with van der Waals surface area (Å²) in [7, 11) is 0. The van der Waals surface area contributed by atoms with Crippen molar-refractivity contribution in [3.8, 4) is 0 Å². The molecule has 0 rings (SSSR count). The zero-order valence-corrected chi connectivity index (χ0v) is 23.4. The molecule has 0 saturated heterocycles. The van der Waals surface area contributed by atoms with Gasteiger partial charge in [0.2, 0.25) is 5.91 Å². The lowest BCUT2D eigenvalue weighted by molar-refractivity contribution is -0.145.